The molecular weight excluding hydrogens is 174 g/mol. The van der Waals surface area contributed by atoms with Crippen LogP contribution in [0.15, 0.2) is 0 Å². The minimum absolute atomic E-state index is 0.207. The van der Waals surface area contributed by atoms with Gasteiger partial charge in [-0.15, -0.1) is 0 Å². The van der Waals surface area contributed by atoms with E-state index in [0.29, 0.717) is 11.8 Å². The van der Waals surface area contributed by atoms with Gasteiger partial charge in [-0.25, -0.2) is 0 Å². The fourth-order valence-corrected chi connectivity index (χ4v) is 2.06. The first kappa shape index (κ1) is 10.9. The Morgan fingerprint density at radius 2 is 1.92 bits per heavy atom. The van der Waals surface area contributed by atoms with Crippen molar-refractivity contribution in [1.29, 1.82) is 0 Å². The molecule has 0 aromatic heterocycles. The topological polar surface area (TPSA) is 9.23 Å². The van der Waals surface area contributed by atoms with Gasteiger partial charge in [-0.1, -0.05) is 26.7 Å². The average Bonchev–Trinajstić information content (AvgIpc) is 2.03. The van der Waals surface area contributed by atoms with E-state index in [0.717, 1.165) is 19.3 Å². The number of alkyl halides is 2. The van der Waals surface area contributed by atoms with Crippen LogP contribution >= 0.6 is 0 Å². The van der Waals surface area contributed by atoms with E-state index in [4.69, 9.17) is 0 Å². The molecule has 1 nitrogen and oxygen atoms in total. The summed E-state index contributed by atoms with van der Waals surface area (Å²) in [4.78, 5) is 0. The monoisotopic (exact) mass is 192 g/mol. The summed E-state index contributed by atoms with van der Waals surface area (Å²) >= 11 is 0. The molecule has 1 aliphatic carbocycles. The van der Waals surface area contributed by atoms with Crippen LogP contribution in [-0.2, 0) is 4.74 Å². The van der Waals surface area contributed by atoms with Gasteiger partial charge in [0.15, 0.2) is 0 Å². The standard InChI is InChI=1S/C10H18F2O/c1-7(2)8-4-3-5-9(6-8)13-10(11)12/h7-10H,3-6H2,1-2H3. The van der Waals surface area contributed by atoms with Crippen molar-refractivity contribution >= 4 is 0 Å². The van der Waals surface area contributed by atoms with Crippen LogP contribution in [0.1, 0.15) is 39.5 Å². The minimum atomic E-state index is -2.60. The maximum absolute atomic E-state index is 11.9. The molecule has 0 N–H and O–H groups in total. The fraction of sp³-hybridized carbons (Fsp3) is 1.00. The highest BCUT2D eigenvalue weighted by Crippen LogP contribution is 2.32. The Hall–Kier alpha value is -0.180. The first-order valence-electron chi connectivity index (χ1n) is 5.03. The van der Waals surface area contributed by atoms with Gasteiger partial charge in [0.05, 0.1) is 6.10 Å². The summed E-state index contributed by atoms with van der Waals surface area (Å²) in [5, 5.41) is 0. The van der Waals surface area contributed by atoms with Crippen molar-refractivity contribution < 1.29 is 13.5 Å². The van der Waals surface area contributed by atoms with Crippen molar-refractivity contribution in [2.45, 2.75) is 52.2 Å². The van der Waals surface area contributed by atoms with Gasteiger partial charge in [0.1, 0.15) is 0 Å². The molecule has 0 aromatic carbocycles. The molecule has 78 valence electrons. The van der Waals surface area contributed by atoms with Crippen LogP contribution in [0.4, 0.5) is 8.78 Å². The zero-order chi connectivity index (χ0) is 9.84. The Balaban J connectivity index is 2.33. The van der Waals surface area contributed by atoms with Crippen LogP contribution in [-0.4, -0.2) is 12.7 Å². The van der Waals surface area contributed by atoms with Gasteiger partial charge in [-0.05, 0) is 24.7 Å². The molecule has 2 atom stereocenters. The molecule has 13 heavy (non-hydrogen) atoms. The maximum Gasteiger partial charge on any atom is 0.345 e. The summed E-state index contributed by atoms with van der Waals surface area (Å²) < 4.78 is 28.4. The van der Waals surface area contributed by atoms with Gasteiger partial charge in [-0.3, -0.25) is 0 Å². The molecule has 0 bridgehead atoms. The van der Waals surface area contributed by atoms with E-state index in [1.807, 2.05) is 0 Å². The number of rotatable bonds is 3. The van der Waals surface area contributed by atoms with Gasteiger partial charge < -0.3 is 4.74 Å². The predicted molar refractivity (Wildman–Crippen MR) is 47.7 cm³/mol. The van der Waals surface area contributed by atoms with E-state index in [1.54, 1.807) is 0 Å². The Kier molecular flexibility index (Phi) is 4.10. The van der Waals surface area contributed by atoms with Gasteiger partial charge in [0.25, 0.3) is 0 Å². The van der Waals surface area contributed by atoms with Gasteiger partial charge in [0.2, 0.25) is 0 Å². The van der Waals surface area contributed by atoms with Gasteiger partial charge in [0, 0.05) is 0 Å². The van der Waals surface area contributed by atoms with E-state index in [9.17, 15) is 8.78 Å². The minimum Gasteiger partial charge on any atom is -0.320 e. The van der Waals surface area contributed by atoms with Crippen molar-refractivity contribution in [2.75, 3.05) is 0 Å². The van der Waals surface area contributed by atoms with E-state index >= 15 is 0 Å². The van der Waals surface area contributed by atoms with Gasteiger partial charge >= 0.3 is 6.61 Å². The molecule has 1 rings (SSSR count). The molecule has 3 heteroatoms. The SMILES string of the molecule is CC(C)C1CCCC(OC(F)F)C1. The quantitative estimate of drug-likeness (QED) is 0.665. The molecule has 0 aliphatic heterocycles. The highest BCUT2D eigenvalue weighted by atomic mass is 19.3. The summed E-state index contributed by atoms with van der Waals surface area (Å²) in [7, 11) is 0. The van der Waals surface area contributed by atoms with Crippen LogP contribution in [0.2, 0.25) is 0 Å². The molecule has 0 aromatic rings. The van der Waals surface area contributed by atoms with Crippen molar-refractivity contribution in [1.82, 2.24) is 0 Å². The van der Waals surface area contributed by atoms with Crippen LogP contribution in [0.5, 0.6) is 0 Å². The van der Waals surface area contributed by atoms with Crippen LogP contribution in [0.25, 0.3) is 0 Å². The number of ether oxygens (including phenoxy) is 1. The Bertz CT molecular complexity index is 148. The van der Waals surface area contributed by atoms with Crippen molar-refractivity contribution in [3.63, 3.8) is 0 Å². The second-order valence-corrected chi connectivity index (χ2v) is 4.19. The third kappa shape index (κ3) is 3.59. The summed E-state index contributed by atoms with van der Waals surface area (Å²) in [5.74, 6) is 1.15. The molecule has 2 unspecified atom stereocenters. The third-order valence-corrected chi connectivity index (χ3v) is 2.90. The summed E-state index contributed by atoms with van der Waals surface area (Å²) in [5.41, 5.74) is 0. The molecule has 0 amide bonds. The predicted octanol–water partition coefficient (Wildman–Crippen LogP) is 3.44. The molecule has 0 spiro atoms. The van der Waals surface area contributed by atoms with E-state index in [-0.39, 0.29) is 6.10 Å². The number of halogens is 2. The molecule has 1 fully saturated rings. The molecule has 0 radical (unpaired) electrons. The van der Waals surface area contributed by atoms with Crippen molar-refractivity contribution in [2.24, 2.45) is 11.8 Å². The number of hydrogen-bond acceptors (Lipinski definition) is 1. The molecule has 1 aliphatic rings. The summed E-state index contributed by atoms with van der Waals surface area (Å²) in [6.45, 7) is 1.70. The maximum atomic E-state index is 11.9. The van der Waals surface area contributed by atoms with E-state index in [1.165, 1.54) is 6.42 Å². The normalized spacial score (nSPS) is 30.0. The van der Waals surface area contributed by atoms with Crippen LogP contribution < -0.4 is 0 Å². The van der Waals surface area contributed by atoms with Crippen LogP contribution in [0.3, 0.4) is 0 Å². The van der Waals surface area contributed by atoms with Crippen molar-refractivity contribution in [3.05, 3.63) is 0 Å². The lowest BCUT2D eigenvalue weighted by Gasteiger charge is -2.31. The highest BCUT2D eigenvalue weighted by molar-refractivity contribution is 4.75. The fourth-order valence-electron chi connectivity index (χ4n) is 2.06. The Morgan fingerprint density at radius 3 is 2.46 bits per heavy atom. The first-order valence-corrected chi connectivity index (χ1v) is 5.03. The second kappa shape index (κ2) is 4.89. The third-order valence-electron chi connectivity index (χ3n) is 2.90. The smallest absolute Gasteiger partial charge is 0.320 e. The zero-order valence-electron chi connectivity index (χ0n) is 8.30. The Labute approximate surface area is 78.5 Å². The zero-order valence-corrected chi connectivity index (χ0v) is 8.30. The van der Waals surface area contributed by atoms with Crippen molar-refractivity contribution in [3.8, 4) is 0 Å². The Morgan fingerprint density at radius 1 is 1.23 bits per heavy atom. The lowest BCUT2D eigenvalue weighted by atomic mass is 9.80. The number of hydrogen-bond donors (Lipinski definition) is 0. The first-order chi connectivity index (χ1) is 6.09. The molecule has 0 saturated heterocycles. The molecule has 1 saturated carbocycles. The second-order valence-electron chi connectivity index (χ2n) is 4.19. The largest absolute Gasteiger partial charge is 0.345 e. The molecular formula is C10H18F2O. The lowest BCUT2D eigenvalue weighted by Crippen LogP contribution is -2.27. The van der Waals surface area contributed by atoms with E-state index < -0.39 is 6.61 Å². The molecule has 0 heterocycles. The summed E-state index contributed by atoms with van der Waals surface area (Å²) in [6.07, 6.45) is 3.59. The van der Waals surface area contributed by atoms with Crippen LogP contribution in [0, 0.1) is 11.8 Å². The lowest BCUT2D eigenvalue weighted by molar-refractivity contribution is -0.174. The van der Waals surface area contributed by atoms with Gasteiger partial charge in [-0.2, -0.15) is 8.78 Å². The highest BCUT2D eigenvalue weighted by Gasteiger charge is 2.26. The van der Waals surface area contributed by atoms with E-state index in [2.05, 4.69) is 18.6 Å². The average molecular weight is 192 g/mol. The summed E-state index contributed by atoms with van der Waals surface area (Å²) in [6, 6.07) is 0.